The first-order valence-electron chi connectivity index (χ1n) is 16.8. The highest BCUT2D eigenvalue weighted by Crippen LogP contribution is 2.75. The average Bonchev–Trinajstić information content (AvgIpc) is 2.94. The van der Waals surface area contributed by atoms with Crippen LogP contribution in [-0.4, -0.2) is 59.5 Å². The second-order valence-corrected chi connectivity index (χ2v) is 16.4. The fourth-order valence-electron chi connectivity index (χ4n) is 11.5. The van der Waals surface area contributed by atoms with Crippen LogP contribution in [0.3, 0.4) is 0 Å². The minimum absolute atomic E-state index is 0.104. The molecule has 3 saturated carbocycles. The number of amidine groups is 1. The van der Waals surface area contributed by atoms with Crippen LogP contribution in [0.4, 0.5) is 0 Å². The minimum Gasteiger partial charge on any atom is -0.481 e. The van der Waals surface area contributed by atoms with Crippen LogP contribution in [0, 0.1) is 56.7 Å². The van der Waals surface area contributed by atoms with Crippen LogP contribution in [0.25, 0.3) is 0 Å². The number of rotatable bonds is 7. The Morgan fingerprint density at radius 1 is 1.07 bits per heavy atom. The third-order valence-electron chi connectivity index (χ3n) is 14.1. The van der Waals surface area contributed by atoms with E-state index in [9.17, 15) is 19.5 Å². The summed E-state index contributed by atoms with van der Waals surface area (Å²) in [7, 11) is 0. The van der Waals surface area contributed by atoms with E-state index < -0.39 is 52.3 Å². The maximum Gasteiger partial charge on any atom is 0.314 e. The number of hydrogen-bond donors (Lipinski definition) is 3. The molecule has 0 aromatic heterocycles. The molecule has 4 fully saturated rings. The van der Waals surface area contributed by atoms with Gasteiger partial charge in [-0.3, -0.25) is 14.4 Å². The maximum absolute atomic E-state index is 13.3. The molecule has 0 aromatic rings. The lowest BCUT2D eigenvalue weighted by Crippen LogP contribution is -2.70. The van der Waals surface area contributed by atoms with Crippen molar-refractivity contribution in [3.05, 3.63) is 11.6 Å². The number of carboxylic acid groups (broad SMARTS) is 1. The summed E-state index contributed by atoms with van der Waals surface area (Å²) >= 11 is 0. The van der Waals surface area contributed by atoms with Crippen molar-refractivity contribution in [3.63, 3.8) is 0 Å². The first-order valence-corrected chi connectivity index (χ1v) is 16.8. The van der Waals surface area contributed by atoms with Gasteiger partial charge in [-0.25, -0.2) is 0 Å². The summed E-state index contributed by atoms with van der Waals surface area (Å²) in [6, 6.07) is 0. The molecule has 0 amide bonds. The largest absolute Gasteiger partial charge is 0.481 e. The monoisotopic (exact) mass is 630 g/mol. The second-order valence-electron chi connectivity index (χ2n) is 16.4. The molecule has 10 nitrogen and oxygen atoms in total. The number of carbonyl (C=O) groups is 3. The van der Waals surface area contributed by atoms with Crippen molar-refractivity contribution < 1.29 is 38.9 Å². The first-order chi connectivity index (χ1) is 20.9. The number of hydrogen-bond acceptors (Lipinski definition) is 8. The summed E-state index contributed by atoms with van der Waals surface area (Å²) < 4.78 is 18.4. The summed E-state index contributed by atoms with van der Waals surface area (Å²) in [6.45, 7) is 17.7. The van der Waals surface area contributed by atoms with Crippen molar-refractivity contribution in [2.75, 3.05) is 13.2 Å². The van der Waals surface area contributed by atoms with E-state index in [0.29, 0.717) is 32.0 Å². The van der Waals surface area contributed by atoms with E-state index in [1.165, 1.54) is 12.5 Å². The van der Waals surface area contributed by atoms with Crippen molar-refractivity contribution >= 4 is 23.7 Å². The van der Waals surface area contributed by atoms with E-state index >= 15 is 0 Å². The van der Waals surface area contributed by atoms with Gasteiger partial charge in [0, 0.05) is 17.8 Å². The predicted molar refractivity (Wildman–Crippen MR) is 167 cm³/mol. The van der Waals surface area contributed by atoms with Gasteiger partial charge in [-0.15, -0.1) is 0 Å². The Hall–Kier alpha value is -2.62. The molecule has 5 rings (SSSR count). The molecule has 4 N–H and O–H groups in total. The molecule has 11 atom stereocenters. The normalized spacial score (nSPS) is 44.9. The number of nitrogens with two attached hydrogens (primary N) is 1. The van der Waals surface area contributed by atoms with Gasteiger partial charge >= 0.3 is 17.9 Å². The van der Waals surface area contributed by atoms with Gasteiger partial charge in [0.2, 0.25) is 0 Å². The Morgan fingerprint density at radius 2 is 1.76 bits per heavy atom. The third-order valence-corrected chi connectivity index (χ3v) is 14.1. The number of aliphatic carboxylic acids is 1. The van der Waals surface area contributed by atoms with Crippen LogP contribution in [-0.2, 0) is 28.6 Å². The molecule has 0 aromatic carbocycles. The standard InChI is InChI=1S/C35H54N2O8/c1-19(2)20(3)31(5)13-14-33(7)22-9-10-25-32(6)17-43-18-35(25,23(22)11-12-34(33,8)28(31)30(40)41)16-24(44-21(4)38)29(32)45-27(39)15-26(36)37-42/h11,19-20,22,24-25,28-29,42H,9-10,12-18H2,1-8H3,(H2,36,37)(H,40,41)/t20-,22+,24-,25+,28-,29+,31-,32-,33-,34+,35+/m1/s1. The molecule has 0 radical (unpaired) electrons. The summed E-state index contributed by atoms with van der Waals surface area (Å²) in [6.07, 6.45) is 5.20. The van der Waals surface area contributed by atoms with Gasteiger partial charge in [0.25, 0.3) is 0 Å². The number of esters is 2. The van der Waals surface area contributed by atoms with Gasteiger partial charge < -0.3 is 30.3 Å². The van der Waals surface area contributed by atoms with E-state index in [1.807, 2.05) is 0 Å². The van der Waals surface area contributed by atoms with Crippen LogP contribution < -0.4 is 5.73 Å². The van der Waals surface area contributed by atoms with Gasteiger partial charge in [-0.2, -0.15) is 0 Å². The lowest BCUT2D eigenvalue weighted by atomic mass is 9.34. The van der Waals surface area contributed by atoms with Crippen LogP contribution in [0.15, 0.2) is 16.8 Å². The smallest absolute Gasteiger partial charge is 0.314 e. The Bertz CT molecular complexity index is 1300. The van der Waals surface area contributed by atoms with Gasteiger partial charge in [-0.1, -0.05) is 65.3 Å². The van der Waals surface area contributed by atoms with Crippen molar-refractivity contribution in [3.8, 4) is 0 Å². The highest BCUT2D eigenvalue weighted by molar-refractivity contribution is 5.96. The second kappa shape index (κ2) is 11.3. The zero-order valence-electron chi connectivity index (χ0n) is 28.4. The van der Waals surface area contributed by atoms with E-state index in [1.54, 1.807) is 0 Å². The van der Waals surface area contributed by atoms with Crippen molar-refractivity contribution in [1.82, 2.24) is 0 Å². The van der Waals surface area contributed by atoms with E-state index in [-0.39, 0.29) is 40.8 Å². The Labute approximate surface area is 267 Å². The molecule has 5 aliphatic rings. The van der Waals surface area contributed by atoms with E-state index in [2.05, 4.69) is 59.7 Å². The third kappa shape index (κ3) is 4.82. The zero-order chi connectivity index (χ0) is 33.3. The van der Waals surface area contributed by atoms with Crippen LogP contribution in [0.2, 0.25) is 0 Å². The van der Waals surface area contributed by atoms with Crippen LogP contribution in [0.1, 0.15) is 100 Å². The SMILES string of the molecule is CC(=O)O[C@@H]1C[C@@]23COC[C@](C)([C@@H]2CC[C@H]2C3=CC[C@@]3(C)[C@H](C(=O)O)[C@@](C)([C@H](C)C(C)C)CC[C@]23C)[C@H]1OC(=O)C/C(N)=N\O. The summed E-state index contributed by atoms with van der Waals surface area (Å²) in [5.41, 5.74) is 4.83. The fraction of sp³-hybridized carbons (Fsp3) is 0.829. The highest BCUT2D eigenvalue weighted by Gasteiger charge is 2.72. The summed E-state index contributed by atoms with van der Waals surface area (Å²) in [5, 5.41) is 22.8. The number of allylic oxidation sites excluding steroid dienone is 1. The van der Waals surface area contributed by atoms with Gasteiger partial charge in [0.1, 0.15) is 24.5 Å². The predicted octanol–water partition coefficient (Wildman–Crippen LogP) is 5.55. The number of ether oxygens (including phenoxy) is 3. The first kappa shape index (κ1) is 33.7. The molecule has 45 heavy (non-hydrogen) atoms. The number of oxime groups is 1. The number of nitrogens with zero attached hydrogens (tertiary/aromatic N) is 1. The lowest BCUT2D eigenvalue weighted by molar-refractivity contribution is -0.262. The van der Waals surface area contributed by atoms with Gasteiger partial charge in [-0.05, 0) is 78.4 Å². The molecule has 2 bridgehead atoms. The molecule has 1 heterocycles. The molecule has 4 aliphatic carbocycles. The Morgan fingerprint density at radius 3 is 2.36 bits per heavy atom. The Kier molecular flexibility index (Phi) is 8.45. The quantitative estimate of drug-likeness (QED) is 0.0818. The molecule has 1 saturated heterocycles. The summed E-state index contributed by atoms with van der Waals surface area (Å²) in [4.78, 5) is 38.7. The molecular formula is C35H54N2O8. The van der Waals surface area contributed by atoms with E-state index in [4.69, 9.17) is 25.2 Å². The van der Waals surface area contributed by atoms with Crippen molar-refractivity contribution in [2.45, 2.75) is 113 Å². The lowest BCUT2D eigenvalue weighted by Gasteiger charge is -2.71. The molecule has 0 spiro atoms. The van der Waals surface area contributed by atoms with Crippen molar-refractivity contribution in [2.24, 2.45) is 67.6 Å². The zero-order valence-corrected chi connectivity index (χ0v) is 28.4. The minimum atomic E-state index is -0.760. The Balaban J connectivity index is 1.58. The number of carboxylic acids is 1. The van der Waals surface area contributed by atoms with Crippen LogP contribution in [0.5, 0.6) is 0 Å². The molecule has 252 valence electrons. The maximum atomic E-state index is 13.3. The molecule has 10 heteroatoms. The summed E-state index contributed by atoms with van der Waals surface area (Å²) in [5.74, 6) is -1.63. The average molecular weight is 631 g/mol. The topological polar surface area (TPSA) is 158 Å². The van der Waals surface area contributed by atoms with E-state index in [0.717, 1.165) is 25.7 Å². The van der Waals surface area contributed by atoms with Gasteiger partial charge in [0.05, 0.1) is 19.1 Å². The van der Waals surface area contributed by atoms with Crippen LogP contribution >= 0.6 is 0 Å². The van der Waals surface area contributed by atoms with Gasteiger partial charge in [0.15, 0.2) is 0 Å². The highest BCUT2D eigenvalue weighted by atomic mass is 16.6. The molecule has 1 aliphatic heterocycles. The molecular weight excluding hydrogens is 576 g/mol. The number of fused-ring (bicyclic) bond motifs is 3. The molecule has 0 unspecified atom stereocenters. The fourth-order valence-corrected chi connectivity index (χ4v) is 11.5. The van der Waals surface area contributed by atoms with Crippen molar-refractivity contribution in [1.29, 1.82) is 0 Å². The number of carbonyl (C=O) groups excluding carboxylic acids is 2.